The first kappa shape index (κ1) is 13.2. The van der Waals surface area contributed by atoms with Gasteiger partial charge in [0.2, 0.25) is 0 Å². The van der Waals surface area contributed by atoms with Crippen LogP contribution in [-0.2, 0) is 9.53 Å². The summed E-state index contributed by atoms with van der Waals surface area (Å²) in [5.74, 6) is 0.332. The molecule has 0 radical (unpaired) electrons. The Morgan fingerprint density at radius 2 is 1.86 bits per heavy atom. The monoisotopic (exact) mass is 278 g/mol. The first-order valence-corrected chi connectivity index (χ1v) is 6.63. The zero-order valence-electron chi connectivity index (χ0n) is 11.5. The van der Waals surface area contributed by atoms with Gasteiger partial charge in [0.05, 0.1) is 5.57 Å². The third kappa shape index (κ3) is 2.87. The summed E-state index contributed by atoms with van der Waals surface area (Å²) in [4.78, 5) is 11.9. The van der Waals surface area contributed by atoms with Crippen LogP contribution in [0.1, 0.15) is 16.7 Å². The number of carbonyl (C=O) groups excluding carboxylic acids is 1. The van der Waals surface area contributed by atoms with E-state index in [1.165, 1.54) is 0 Å². The molecule has 0 fully saturated rings. The van der Waals surface area contributed by atoms with Gasteiger partial charge in [-0.15, -0.1) is 0 Å². The number of esters is 1. The topological polar surface area (TPSA) is 46.5 Å². The summed E-state index contributed by atoms with van der Waals surface area (Å²) < 4.78 is 5.29. The molecule has 3 heteroatoms. The minimum atomic E-state index is -0.381. The maximum absolute atomic E-state index is 11.9. The molecule has 0 aromatic heterocycles. The molecule has 0 spiro atoms. The van der Waals surface area contributed by atoms with Crippen LogP contribution in [0.15, 0.2) is 60.2 Å². The van der Waals surface area contributed by atoms with Crippen molar-refractivity contribution in [3.8, 4) is 5.75 Å². The summed E-state index contributed by atoms with van der Waals surface area (Å²) in [5, 5.41) is 9.45. The first-order chi connectivity index (χ1) is 10.1. The summed E-state index contributed by atoms with van der Waals surface area (Å²) in [7, 11) is 0. The first-order valence-electron chi connectivity index (χ1n) is 6.63. The number of benzene rings is 2. The molecule has 0 saturated carbocycles. The standard InChI is InChI=1S/C18H14O3/c1-12-5-7-14(8-6-12)17-11-15(18(20)21-17)9-13-3-2-4-16(19)10-13/h2-11,19H,1H3/b15-9+. The Kier molecular flexibility index (Phi) is 3.32. The third-order valence-electron chi connectivity index (χ3n) is 3.25. The molecule has 0 saturated heterocycles. The van der Waals surface area contributed by atoms with Crippen molar-refractivity contribution in [1.29, 1.82) is 0 Å². The van der Waals surface area contributed by atoms with Crippen LogP contribution in [0, 0.1) is 6.92 Å². The van der Waals surface area contributed by atoms with Crippen molar-refractivity contribution in [2.45, 2.75) is 6.92 Å². The molecule has 1 N–H and O–H groups in total. The lowest BCUT2D eigenvalue weighted by molar-refractivity contribution is -0.130. The fourth-order valence-corrected chi connectivity index (χ4v) is 2.14. The molecule has 0 aliphatic carbocycles. The molecule has 21 heavy (non-hydrogen) atoms. The SMILES string of the molecule is Cc1ccc(C2=C/C(=C\c3cccc(O)c3)C(=O)O2)cc1. The van der Waals surface area contributed by atoms with Crippen LogP contribution in [0.3, 0.4) is 0 Å². The summed E-state index contributed by atoms with van der Waals surface area (Å²) in [5.41, 5.74) is 3.24. The fourth-order valence-electron chi connectivity index (χ4n) is 2.14. The lowest BCUT2D eigenvalue weighted by Crippen LogP contribution is -1.97. The minimum Gasteiger partial charge on any atom is -0.508 e. The van der Waals surface area contributed by atoms with E-state index in [4.69, 9.17) is 4.74 Å². The molecule has 1 aliphatic heterocycles. The van der Waals surface area contributed by atoms with Gasteiger partial charge >= 0.3 is 5.97 Å². The van der Waals surface area contributed by atoms with Gasteiger partial charge in [-0.25, -0.2) is 4.79 Å². The van der Waals surface area contributed by atoms with Gasteiger partial charge in [0.15, 0.2) is 0 Å². The quantitative estimate of drug-likeness (QED) is 0.673. The highest BCUT2D eigenvalue weighted by Gasteiger charge is 2.21. The normalized spacial score (nSPS) is 16.0. The van der Waals surface area contributed by atoms with Gasteiger partial charge < -0.3 is 9.84 Å². The van der Waals surface area contributed by atoms with E-state index in [0.29, 0.717) is 11.3 Å². The third-order valence-corrected chi connectivity index (χ3v) is 3.25. The molecular weight excluding hydrogens is 264 g/mol. The highest BCUT2D eigenvalue weighted by molar-refractivity contribution is 6.05. The Bertz CT molecular complexity index is 752. The molecule has 2 aromatic carbocycles. The van der Waals surface area contributed by atoms with Crippen LogP contribution in [0.25, 0.3) is 11.8 Å². The van der Waals surface area contributed by atoms with Crippen LogP contribution in [0.5, 0.6) is 5.75 Å². The number of phenolic OH excluding ortho intramolecular Hbond substituents is 1. The predicted octanol–water partition coefficient (Wildman–Crippen LogP) is 3.68. The van der Waals surface area contributed by atoms with Crippen molar-refractivity contribution in [3.63, 3.8) is 0 Å². The van der Waals surface area contributed by atoms with E-state index in [0.717, 1.165) is 16.7 Å². The van der Waals surface area contributed by atoms with Crippen molar-refractivity contribution < 1.29 is 14.6 Å². The highest BCUT2D eigenvalue weighted by atomic mass is 16.5. The van der Waals surface area contributed by atoms with Gasteiger partial charge in [-0.2, -0.15) is 0 Å². The van der Waals surface area contributed by atoms with Gasteiger partial charge in [-0.3, -0.25) is 0 Å². The molecule has 2 aromatic rings. The average molecular weight is 278 g/mol. The molecule has 104 valence electrons. The maximum atomic E-state index is 11.9. The highest BCUT2D eigenvalue weighted by Crippen LogP contribution is 2.28. The van der Waals surface area contributed by atoms with E-state index in [1.54, 1.807) is 30.4 Å². The van der Waals surface area contributed by atoms with Crippen molar-refractivity contribution in [3.05, 3.63) is 76.9 Å². The van der Waals surface area contributed by atoms with Crippen LogP contribution < -0.4 is 0 Å². The van der Waals surface area contributed by atoms with Gasteiger partial charge in [-0.05, 0) is 36.8 Å². The van der Waals surface area contributed by atoms with Gasteiger partial charge in [0.1, 0.15) is 11.5 Å². The molecule has 1 aliphatic rings. The molecule has 3 nitrogen and oxygen atoms in total. The summed E-state index contributed by atoms with van der Waals surface area (Å²) in [6.45, 7) is 2.01. The number of ether oxygens (including phenoxy) is 1. The van der Waals surface area contributed by atoms with Gasteiger partial charge in [0, 0.05) is 5.56 Å². The van der Waals surface area contributed by atoms with Crippen molar-refractivity contribution in [1.82, 2.24) is 0 Å². The van der Waals surface area contributed by atoms with Crippen molar-refractivity contribution in [2.24, 2.45) is 0 Å². The largest absolute Gasteiger partial charge is 0.508 e. The number of hydrogen-bond acceptors (Lipinski definition) is 3. The second kappa shape index (κ2) is 5.29. The number of carbonyl (C=O) groups is 1. The van der Waals surface area contributed by atoms with E-state index in [1.807, 2.05) is 37.3 Å². The zero-order chi connectivity index (χ0) is 14.8. The predicted molar refractivity (Wildman–Crippen MR) is 81.3 cm³/mol. The van der Waals surface area contributed by atoms with Crippen LogP contribution in [-0.4, -0.2) is 11.1 Å². The maximum Gasteiger partial charge on any atom is 0.343 e. The molecule has 0 bridgehead atoms. The second-order valence-corrected chi connectivity index (χ2v) is 4.96. The number of hydrogen-bond donors (Lipinski definition) is 1. The fraction of sp³-hybridized carbons (Fsp3) is 0.0556. The molecule has 0 amide bonds. The summed E-state index contributed by atoms with van der Waals surface area (Å²) >= 11 is 0. The minimum absolute atomic E-state index is 0.165. The lowest BCUT2D eigenvalue weighted by atomic mass is 10.1. The number of aryl methyl sites for hydroxylation is 1. The van der Waals surface area contributed by atoms with E-state index in [-0.39, 0.29) is 11.7 Å². The lowest BCUT2D eigenvalue weighted by Gasteiger charge is -2.01. The molecule has 1 heterocycles. The van der Waals surface area contributed by atoms with E-state index in [2.05, 4.69) is 0 Å². The summed E-state index contributed by atoms with van der Waals surface area (Å²) in [6.07, 6.45) is 3.42. The molecule has 0 unspecified atom stereocenters. The van der Waals surface area contributed by atoms with Crippen LogP contribution in [0.2, 0.25) is 0 Å². The van der Waals surface area contributed by atoms with Crippen LogP contribution in [0.4, 0.5) is 0 Å². The van der Waals surface area contributed by atoms with Crippen molar-refractivity contribution >= 4 is 17.8 Å². The van der Waals surface area contributed by atoms with Crippen LogP contribution >= 0.6 is 0 Å². The zero-order valence-corrected chi connectivity index (χ0v) is 11.5. The number of phenols is 1. The Balaban J connectivity index is 1.93. The van der Waals surface area contributed by atoms with Crippen molar-refractivity contribution in [2.75, 3.05) is 0 Å². The van der Waals surface area contributed by atoms with E-state index < -0.39 is 0 Å². The smallest absolute Gasteiger partial charge is 0.343 e. The number of cyclic esters (lactones) is 1. The van der Waals surface area contributed by atoms with Gasteiger partial charge in [0.25, 0.3) is 0 Å². The molecular formula is C18H14O3. The summed E-state index contributed by atoms with van der Waals surface area (Å²) in [6, 6.07) is 14.5. The second-order valence-electron chi connectivity index (χ2n) is 4.96. The number of rotatable bonds is 2. The number of aromatic hydroxyl groups is 1. The Morgan fingerprint density at radius 1 is 1.10 bits per heavy atom. The Labute approximate surface area is 122 Å². The molecule has 0 atom stereocenters. The van der Waals surface area contributed by atoms with E-state index in [9.17, 15) is 9.90 Å². The van der Waals surface area contributed by atoms with Gasteiger partial charge in [-0.1, -0.05) is 42.0 Å². The Hall–Kier alpha value is -2.81. The Morgan fingerprint density at radius 3 is 2.57 bits per heavy atom. The molecule has 3 rings (SSSR count). The average Bonchev–Trinajstić information content (AvgIpc) is 2.81. The van der Waals surface area contributed by atoms with E-state index >= 15 is 0 Å².